The average Bonchev–Trinajstić information content (AvgIpc) is 2.65. The molecule has 0 bridgehead atoms. The van der Waals surface area contributed by atoms with Gasteiger partial charge in [0.25, 0.3) is 0 Å². The summed E-state index contributed by atoms with van der Waals surface area (Å²) in [5, 5.41) is 3.88. The van der Waals surface area contributed by atoms with Gasteiger partial charge >= 0.3 is 0 Å². The standard InChI is InChI=1S/C27H29N/c1-17(2)23-9-7-8-20-14-19(12-13-24(20)23)22-15-21-11-10-18(3)28-26(21)25(16-22)27(4,5)6/h7-17H,1-6H3. The van der Waals surface area contributed by atoms with E-state index in [1.165, 1.54) is 38.4 Å². The van der Waals surface area contributed by atoms with Crippen molar-refractivity contribution in [3.63, 3.8) is 0 Å². The monoisotopic (exact) mass is 367 g/mol. The van der Waals surface area contributed by atoms with Gasteiger partial charge in [-0.2, -0.15) is 0 Å². The number of aryl methyl sites for hydroxylation is 1. The zero-order valence-corrected chi connectivity index (χ0v) is 17.8. The van der Waals surface area contributed by atoms with E-state index in [2.05, 4.69) is 102 Å². The Kier molecular flexibility index (Phi) is 4.50. The molecule has 0 fully saturated rings. The number of hydrogen-bond acceptors (Lipinski definition) is 1. The molecule has 28 heavy (non-hydrogen) atoms. The number of fused-ring (bicyclic) bond motifs is 2. The van der Waals surface area contributed by atoms with Crippen LogP contribution < -0.4 is 0 Å². The molecular weight excluding hydrogens is 338 g/mol. The second-order valence-electron chi connectivity index (χ2n) is 9.24. The fraction of sp³-hybridized carbons (Fsp3) is 0.296. The molecule has 1 aromatic heterocycles. The number of aromatic nitrogens is 1. The van der Waals surface area contributed by atoms with Crippen LogP contribution in [0, 0.1) is 6.92 Å². The molecule has 0 aliphatic rings. The predicted molar refractivity (Wildman–Crippen MR) is 122 cm³/mol. The first-order valence-electron chi connectivity index (χ1n) is 10.2. The van der Waals surface area contributed by atoms with Crippen molar-refractivity contribution in [2.45, 2.75) is 52.9 Å². The smallest absolute Gasteiger partial charge is 0.0742 e. The molecule has 0 atom stereocenters. The third-order valence-corrected chi connectivity index (χ3v) is 5.61. The Morgan fingerprint density at radius 3 is 2.25 bits per heavy atom. The highest BCUT2D eigenvalue weighted by Gasteiger charge is 2.19. The summed E-state index contributed by atoms with van der Waals surface area (Å²) in [4.78, 5) is 4.86. The van der Waals surface area contributed by atoms with Gasteiger partial charge in [-0.05, 0) is 75.5 Å². The van der Waals surface area contributed by atoms with Crippen LogP contribution in [-0.2, 0) is 5.41 Å². The maximum atomic E-state index is 4.86. The van der Waals surface area contributed by atoms with Crippen molar-refractivity contribution >= 4 is 21.7 Å². The number of pyridine rings is 1. The van der Waals surface area contributed by atoms with Crippen molar-refractivity contribution in [3.8, 4) is 11.1 Å². The molecule has 1 heterocycles. The minimum atomic E-state index is 0.0384. The molecule has 0 unspecified atom stereocenters. The third kappa shape index (κ3) is 3.30. The Balaban J connectivity index is 1.95. The highest BCUT2D eigenvalue weighted by atomic mass is 14.7. The Morgan fingerprint density at radius 2 is 1.54 bits per heavy atom. The third-order valence-electron chi connectivity index (χ3n) is 5.61. The van der Waals surface area contributed by atoms with E-state index < -0.39 is 0 Å². The molecule has 1 heteroatoms. The van der Waals surface area contributed by atoms with Crippen LogP contribution in [0.15, 0.2) is 60.7 Å². The van der Waals surface area contributed by atoms with Gasteiger partial charge in [0.15, 0.2) is 0 Å². The fourth-order valence-corrected chi connectivity index (χ4v) is 4.06. The molecule has 0 saturated heterocycles. The number of hydrogen-bond donors (Lipinski definition) is 0. The maximum Gasteiger partial charge on any atom is 0.0742 e. The summed E-state index contributed by atoms with van der Waals surface area (Å²) in [6, 6.07) is 22.5. The average molecular weight is 368 g/mol. The molecule has 0 aliphatic heterocycles. The van der Waals surface area contributed by atoms with E-state index in [1.54, 1.807) is 0 Å². The van der Waals surface area contributed by atoms with Crippen molar-refractivity contribution in [1.82, 2.24) is 4.98 Å². The lowest BCUT2D eigenvalue weighted by molar-refractivity contribution is 0.595. The molecule has 142 valence electrons. The van der Waals surface area contributed by atoms with Gasteiger partial charge in [-0.15, -0.1) is 0 Å². The Hall–Kier alpha value is -2.67. The van der Waals surface area contributed by atoms with Crippen molar-refractivity contribution in [2.24, 2.45) is 0 Å². The Labute approximate surface area is 168 Å². The van der Waals surface area contributed by atoms with E-state index in [1.807, 2.05) is 0 Å². The lowest BCUT2D eigenvalue weighted by Gasteiger charge is -2.22. The molecule has 0 spiro atoms. The van der Waals surface area contributed by atoms with Gasteiger partial charge < -0.3 is 0 Å². The van der Waals surface area contributed by atoms with Gasteiger partial charge in [0, 0.05) is 11.1 Å². The van der Waals surface area contributed by atoms with Crippen LogP contribution in [0.25, 0.3) is 32.8 Å². The van der Waals surface area contributed by atoms with Crippen molar-refractivity contribution in [3.05, 3.63) is 77.5 Å². The molecule has 0 radical (unpaired) electrons. The lowest BCUT2D eigenvalue weighted by Crippen LogP contribution is -2.12. The number of rotatable bonds is 2. The van der Waals surface area contributed by atoms with Gasteiger partial charge in [-0.25, -0.2) is 0 Å². The zero-order chi connectivity index (χ0) is 20.1. The van der Waals surface area contributed by atoms with E-state index in [9.17, 15) is 0 Å². The largest absolute Gasteiger partial charge is 0.253 e. The van der Waals surface area contributed by atoms with Gasteiger partial charge in [-0.1, -0.05) is 71.0 Å². The molecule has 1 nitrogen and oxygen atoms in total. The first kappa shape index (κ1) is 18.7. The molecule has 0 saturated carbocycles. The Morgan fingerprint density at radius 1 is 0.786 bits per heavy atom. The highest BCUT2D eigenvalue weighted by molar-refractivity contribution is 5.93. The second-order valence-corrected chi connectivity index (χ2v) is 9.24. The Bertz CT molecular complexity index is 1180. The molecule has 4 aromatic rings. The molecular formula is C27H29N. The maximum absolute atomic E-state index is 4.86. The number of nitrogens with zero attached hydrogens (tertiary/aromatic N) is 1. The van der Waals surface area contributed by atoms with Crippen LogP contribution in [-0.4, -0.2) is 4.98 Å². The van der Waals surface area contributed by atoms with Gasteiger partial charge in [0.1, 0.15) is 0 Å². The van der Waals surface area contributed by atoms with E-state index >= 15 is 0 Å². The lowest BCUT2D eigenvalue weighted by atomic mass is 9.83. The summed E-state index contributed by atoms with van der Waals surface area (Å²) >= 11 is 0. The van der Waals surface area contributed by atoms with Crippen LogP contribution in [0.3, 0.4) is 0 Å². The SMILES string of the molecule is Cc1ccc2cc(-c3ccc4c(C(C)C)cccc4c3)cc(C(C)(C)C)c2n1. The van der Waals surface area contributed by atoms with Crippen LogP contribution in [0.5, 0.6) is 0 Å². The van der Waals surface area contributed by atoms with E-state index in [-0.39, 0.29) is 5.41 Å². The summed E-state index contributed by atoms with van der Waals surface area (Å²) in [5.74, 6) is 0.525. The van der Waals surface area contributed by atoms with Crippen molar-refractivity contribution in [1.29, 1.82) is 0 Å². The van der Waals surface area contributed by atoms with Gasteiger partial charge in [0.2, 0.25) is 0 Å². The van der Waals surface area contributed by atoms with Crippen LogP contribution in [0.2, 0.25) is 0 Å². The van der Waals surface area contributed by atoms with Gasteiger partial charge in [-0.3, -0.25) is 4.98 Å². The van der Waals surface area contributed by atoms with E-state index in [0.29, 0.717) is 5.92 Å². The molecule has 0 aliphatic carbocycles. The highest BCUT2D eigenvalue weighted by Crippen LogP contribution is 2.35. The summed E-state index contributed by atoms with van der Waals surface area (Å²) in [7, 11) is 0. The van der Waals surface area contributed by atoms with Crippen molar-refractivity contribution in [2.75, 3.05) is 0 Å². The fourth-order valence-electron chi connectivity index (χ4n) is 4.06. The summed E-state index contributed by atoms with van der Waals surface area (Å²) in [6.45, 7) is 13.4. The molecule has 4 rings (SSSR count). The van der Waals surface area contributed by atoms with Crippen molar-refractivity contribution < 1.29 is 0 Å². The molecule has 0 amide bonds. The second kappa shape index (κ2) is 6.74. The quantitative estimate of drug-likeness (QED) is 0.352. The van der Waals surface area contributed by atoms with E-state index in [0.717, 1.165) is 11.2 Å². The normalized spacial score (nSPS) is 12.2. The summed E-state index contributed by atoms with van der Waals surface area (Å²) < 4.78 is 0. The summed E-state index contributed by atoms with van der Waals surface area (Å²) in [5.41, 5.74) is 7.48. The molecule has 0 N–H and O–H groups in total. The minimum absolute atomic E-state index is 0.0384. The van der Waals surface area contributed by atoms with Crippen LogP contribution in [0.1, 0.15) is 57.4 Å². The van der Waals surface area contributed by atoms with E-state index in [4.69, 9.17) is 4.98 Å². The van der Waals surface area contributed by atoms with Gasteiger partial charge in [0.05, 0.1) is 5.52 Å². The van der Waals surface area contributed by atoms with Crippen LogP contribution >= 0.6 is 0 Å². The van der Waals surface area contributed by atoms with Crippen LogP contribution in [0.4, 0.5) is 0 Å². The minimum Gasteiger partial charge on any atom is -0.253 e. The zero-order valence-electron chi connectivity index (χ0n) is 17.8. The topological polar surface area (TPSA) is 12.9 Å². The first-order chi connectivity index (χ1) is 13.2. The first-order valence-corrected chi connectivity index (χ1v) is 10.2. The number of benzene rings is 3. The summed E-state index contributed by atoms with van der Waals surface area (Å²) in [6.07, 6.45) is 0. The predicted octanol–water partition coefficient (Wildman–Crippen LogP) is 7.78. The molecule has 3 aromatic carbocycles.